The van der Waals surface area contributed by atoms with Crippen LogP contribution >= 0.6 is 31.9 Å². The van der Waals surface area contributed by atoms with Crippen molar-refractivity contribution in [3.8, 4) is 11.5 Å². The lowest BCUT2D eigenvalue weighted by molar-refractivity contribution is -0.136. The lowest BCUT2D eigenvalue weighted by Crippen LogP contribution is -2.12. The zero-order valence-electron chi connectivity index (χ0n) is 10.1. The molecule has 22 heavy (non-hydrogen) atoms. The highest BCUT2D eigenvalue weighted by atomic mass is 79.9. The predicted octanol–water partition coefficient (Wildman–Crippen LogP) is 1.20. The summed E-state index contributed by atoms with van der Waals surface area (Å²) < 4.78 is 68.2. The minimum atomic E-state index is -4.98. The fraction of sp³-hybridized carbons (Fsp3) is 0.125. The third-order valence-corrected chi connectivity index (χ3v) is 4.46. The van der Waals surface area contributed by atoms with E-state index in [2.05, 4.69) is 40.2 Å². The van der Waals surface area contributed by atoms with Gasteiger partial charge >= 0.3 is 26.8 Å². The molecule has 0 spiro atoms. The SMILES string of the molecule is O=C(O)Cc1c(Br)c(OS(=O)(=O)O)cc(OS(=O)(=O)O)c1Br. The summed E-state index contributed by atoms with van der Waals surface area (Å²) in [4.78, 5) is 10.8. The van der Waals surface area contributed by atoms with E-state index in [9.17, 15) is 21.6 Å². The Bertz CT molecular complexity index is 756. The van der Waals surface area contributed by atoms with Crippen LogP contribution in [0.15, 0.2) is 15.0 Å². The van der Waals surface area contributed by atoms with Gasteiger partial charge in [0.2, 0.25) is 0 Å². The lowest BCUT2D eigenvalue weighted by Gasteiger charge is -2.13. The highest BCUT2D eigenvalue weighted by molar-refractivity contribution is 9.11. The van der Waals surface area contributed by atoms with Crippen LogP contribution < -0.4 is 8.37 Å². The summed E-state index contributed by atoms with van der Waals surface area (Å²) in [5.41, 5.74) is -0.160. The van der Waals surface area contributed by atoms with Crippen molar-refractivity contribution in [1.29, 1.82) is 0 Å². The smallest absolute Gasteiger partial charge is 0.446 e. The number of aliphatic carboxylic acids is 1. The van der Waals surface area contributed by atoms with E-state index in [1.165, 1.54) is 0 Å². The zero-order chi connectivity index (χ0) is 17.3. The Kier molecular flexibility index (Phi) is 5.80. The van der Waals surface area contributed by atoms with Crippen molar-refractivity contribution in [3.05, 3.63) is 20.6 Å². The number of hydrogen-bond donors (Lipinski definition) is 3. The van der Waals surface area contributed by atoms with Gasteiger partial charge in [0.1, 0.15) is 0 Å². The number of rotatable bonds is 6. The van der Waals surface area contributed by atoms with Gasteiger partial charge in [0.25, 0.3) is 0 Å². The van der Waals surface area contributed by atoms with Crippen molar-refractivity contribution in [2.24, 2.45) is 0 Å². The topological polar surface area (TPSA) is 164 Å². The molecule has 0 bridgehead atoms. The molecule has 1 aromatic carbocycles. The quantitative estimate of drug-likeness (QED) is 0.498. The molecule has 14 heteroatoms. The Morgan fingerprint density at radius 1 is 1.00 bits per heavy atom. The predicted molar refractivity (Wildman–Crippen MR) is 77.5 cm³/mol. The Hall–Kier alpha value is -0.930. The van der Waals surface area contributed by atoms with Gasteiger partial charge in [0.15, 0.2) is 11.5 Å². The molecule has 0 amide bonds. The van der Waals surface area contributed by atoms with Gasteiger partial charge in [0.05, 0.1) is 15.4 Å². The van der Waals surface area contributed by atoms with Crippen LogP contribution in [0.2, 0.25) is 0 Å². The summed E-state index contributed by atoms with van der Waals surface area (Å²) in [6.45, 7) is 0. The summed E-state index contributed by atoms with van der Waals surface area (Å²) in [5.74, 6) is -2.65. The molecule has 0 radical (unpaired) electrons. The minimum Gasteiger partial charge on any atom is -0.481 e. The van der Waals surface area contributed by atoms with Gasteiger partial charge in [-0.1, -0.05) is 0 Å². The Morgan fingerprint density at radius 2 is 1.36 bits per heavy atom. The van der Waals surface area contributed by atoms with E-state index in [4.69, 9.17) is 14.2 Å². The Labute approximate surface area is 141 Å². The monoisotopic (exact) mass is 484 g/mol. The third kappa shape index (κ3) is 5.69. The largest absolute Gasteiger partial charge is 0.481 e. The maximum atomic E-state index is 10.8. The number of carboxylic acids is 1. The molecule has 124 valence electrons. The molecule has 0 aliphatic heterocycles. The maximum Gasteiger partial charge on any atom is 0.446 e. The molecular formula is C8H6Br2O10S2. The molecule has 10 nitrogen and oxygen atoms in total. The van der Waals surface area contributed by atoms with E-state index >= 15 is 0 Å². The van der Waals surface area contributed by atoms with E-state index in [1.807, 2.05) is 0 Å². The fourth-order valence-corrected chi connectivity index (χ4v) is 3.56. The molecule has 0 saturated heterocycles. The summed E-state index contributed by atoms with van der Waals surface area (Å²) in [6.07, 6.45) is -0.689. The highest BCUT2D eigenvalue weighted by Crippen LogP contribution is 2.42. The van der Waals surface area contributed by atoms with Crippen molar-refractivity contribution in [3.63, 3.8) is 0 Å². The number of halogens is 2. The van der Waals surface area contributed by atoms with Gasteiger partial charge < -0.3 is 13.5 Å². The first-order valence-electron chi connectivity index (χ1n) is 4.86. The van der Waals surface area contributed by atoms with Crippen LogP contribution in [0, 0.1) is 0 Å². The summed E-state index contributed by atoms with van der Waals surface area (Å²) in [7, 11) is -9.96. The zero-order valence-corrected chi connectivity index (χ0v) is 14.9. The molecule has 0 heterocycles. The van der Waals surface area contributed by atoms with Gasteiger partial charge in [0, 0.05) is 6.07 Å². The summed E-state index contributed by atoms with van der Waals surface area (Å²) >= 11 is 5.73. The van der Waals surface area contributed by atoms with Gasteiger partial charge in [-0.2, -0.15) is 16.8 Å². The highest BCUT2D eigenvalue weighted by Gasteiger charge is 2.24. The summed E-state index contributed by atoms with van der Waals surface area (Å²) in [6, 6.07) is 0.695. The van der Waals surface area contributed by atoms with E-state index in [-0.39, 0.29) is 14.5 Å². The van der Waals surface area contributed by atoms with Crippen LogP contribution in [0.25, 0.3) is 0 Å². The van der Waals surface area contributed by atoms with Crippen LogP contribution in [-0.4, -0.2) is 37.0 Å². The molecule has 0 atom stereocenters. The Morgan fingerprint density at radius 3 is 1.64 bits per heavy atom. The number of benzene rings is 1. The molecule has 0 aromatic heterocycles. The fourth-order valence-electron chi connectivity index (χ4n) is 1.29. The van der Waals surface area contributed by atoms with Crippen molar-refractivity contribution >= 4 is 58.6 Å². The van der Waals surface area contributed by atoms with Crippen LogP contribution in [0.3, 0.4) is 0 Å². The maximum absolute atomic E-state index is 10.8. The van der Waals surface area contributed by atoms with Crippen molar-refractivity contribution in [1.82, 2.24) is 0 Å². The normalized spacial score (nSPS) is 12.0. The molecule has 3 N–H and O–H groups in total. The van der Waals surface area contributed by atoms with Gasteiger partial charge in [-0.15, -0.1) is 0 Å². The second-order valence-corrected chi connectivity index (χ2v) is 7.20. The number of hydrogen-bond acceptors (Lipinski definition) is 7. The second kappa shape index (κ2) is 6.67. The van der Waals surface area contributed by atoms with E-state index in [0.717, 1.165) is 0 Å². The molecule has 0 fully saturated rings. The first-order chi connectivity index (χ1) is 9.80. The minimum absolute atomic E-state index is 0.160. The van der Waals surface area contributed by atoms with Crippen LogP contribution in [0.1, 0.15) is 5.56 Å². The Balaban J connectivity index is 3.58. The number of carboxylic acid groups (broad SMARTS) is 1. The molecule has 1 rings (SSSR count). The average Bonchev–Trinajstić information content (AvgIpc) is 2.27. The molecule has 0 aliphatic rings. The van der Waals surface area contributed by atoms with E-state index in [1.54, 1.807) is 0 Å². The van der Waals surface area contributed by atoms with Crippen molar-refractivity contribution in [2.75, 3.05) is 0 Å². The molecule has 0 unspecified atom stereocenters. The molecule has 1 aromatic rings. The lowest BCUT2D eigenvalue weighted by atomic mass is 10.1. The third-order valence-electron chi connectivity index (χ3n) is 1.94. The first kappa shape index (κ1) is 19.1. The van der Waals surface area contributed by atoms with E-state index in [0.29, 0.717) is 6.07 Å². The van der Waals surface area contributed by atoms with Gasteiger partial charge in [-0.05, 0) is 37.4 Å². The van der Waals surface area contributed by atoms with Crippen LogP contribution in [-0.2, 0) is 32.0 Å². The molecule has 0 aliphatic carbocycles. The standard InChI is InChI=1S/C8H6Br2O10S2/c9-7-3(1-6(11)12)8(10)5(20-22(16,17)18)2-4(7)19-21(13,14)15/h2H,1H2,(H,11,12)(H,13,14,15)(H,16,17,18). The van der Waals surface area contributed by atoms with Gasteiger partial charge in [-0.3, -0.25) is 13.9 Å². The summed E-state index contributed by atoms with van der Waals surface area (Å²) in [5, 5.41) is 8.80. The van der Waals surface area contributed by atoms with Crippen molar-refractivity contribution in [2.45, 2.75) is 6.42 Å². The van der Waals surface area contributed by atoms with Crippen LogP contribution in [0.5, 0.6) is 11.5 Å². The molecule has 0 saturated carbocycles. The first-order valence-corrected chi connectivity index (χ1v) is 9.18. The number of carbonyl (C=O) groups is 1. The van der Waals surface area contributed by atoms with Crippen LogP contribution in [0.4, 0.5) is 0 Å². The van der Waals surface area contributed by atoms with Gasteiger partial charge in [-0.25, -0.2) is 0 Å². The average molecular weight is 486 g/mol. The van der Waals surface area contributed by atoms with E-state index < -0.39 is 44.7 Å². The molecular weight excluding hydrogens is 480 g/mol. The second-order valence-electron chi connectivity index (χ2n) is 3.57. The van der Waals surface area contributed by atoms with Crippen molar-refractivity contribution < 1.29 is 44.2 Å².